The van der Waals surface area contributed by atoms with Crippen LogP contribution in [-0.4, -0.2) is 34.0 Å². The minimum Gasteiger partial charge on any atom is -0.451 e. The maximum atomic E-state index is 12.7. The Balaban J connectivity index is 1.38. The van der Waals surface area contributed by atoms with Gasteiger partial charge in [0.25, 0.3) is 0 Å². The zero-order valence-corrected chi connectivity index (χ0v) is 21.0. The quantitative estimate of drug-likeness (QED) is 0.244. The molecule has 0 radical (unpaired) electrons. The van der Waals surface area contributed by atoms with Crippen molar-refractivity contribution in [1.29, 1.82) is 0 Å². The molecule has 0 aliphatic rings. The third-order valence-corrected chi connectivity index (χ3v) is 5.78. The van der Waals surface area contributed by atoms with Crippen LogP contribution in [0.2, 0.25) is 0 Å². The van der Waals surface area contributed by atoms with E-state index in [4.69, 9.17) is 9.15 Å². The van der Waals surface area contributed by atoms with Gasteiger partial charge in [-0.3, -0.25) is 9.59 Å². The molecule has 188 valence electrons. The van der Waals surface area contributed by atoms with E-state index in [0.29, 0.717) is 28.6 Å². The summed E-state index contributed by atoms with van der Waals surface area (Å²) in [5.41, 5.74) is 3.78. The van der Waals surface area contributed by atoms with Crippen LogP contribution < -0.4 is 5.32 Å². The van der Waals surface area contributed by atoms with Crippen LogP contribution in [0.25, 0.3) is 22.9 Å². The van der Waals surface area contributed by atoms with Crippen molar-refractivity contribution in [3.8, 4) is 22.9 Å². The lowest BCUT2D eigenvalue weighted by molar-refractivity contribution is -0.118. The van der Waals surface area contributed by atoms with Crippen molar-refractivity contribution >= 4 is 23.3 Å². The van der Waals surface area contributed by atoms with Crippen LogP contribution in [0.3, 0.4) is 0 Å². The molecule has 1 N–H and O–H groups in total. The van der Waals surface area contributed by atoms with Gasteiger partial charge >= 0.3 is 5.97 Å². The highest BCUT2D eigenvalue weighted by molar-refractivity contribution is 6.02. The van der Waals surface area contributed by atoms with Crippen molar-refractivity contribution in [2.24, 2.45) is 5.92 Å². The van der Waals surface area contributed by atoms with Crippen LogP contribution in [0.1, 0.15) is 47.1 Å². The molecule has 4 rings (SSSR count). The Hall–Kier alpha value is -4.59. The number of carbonyl (C=O) groups excluding carboxylic acids is 3. The second-order valence-electron chi connectivity index (χ2n) is 8.94. The highest BCUT2D eigenvalue weighted by Gasteiger charge is 2.21. The molecule has 1 unspecified atom stereocenters. The standard InChI is InChI=1S/C29H27N3O5/c1-17(2)26(34)30-23-15-13-20(14-16-23)25(33)19(4)36-29(35)22-11-9-21(10-12-22)27-31-32-28(37-27)24-8-6-5-7-18(24)3/h5-17,19H,1-4H3,(H,30,34). The van der Waals surface area contributed by atoms with Crippen molar-refractivity contribution in [3.05, 3.63) is 89.5 Å². The Labute approximate surface area is 214 Å². The number of anilines is 1. The molecule has 0 bridgehead atoms. The highest BCUT2D eigenvalue weighted by atomic mass is 16.5. The predicted molar refractivity (Wildman–Crippen MR) is 139 cm³/mol. The zero-order valence-electron chi connectivity index (χ0n) is 21.0. The molecule has 0 aliphatic heterocycles. The van der Waals surface area contributed by atoms with Gasteiger partial charge in [0.2, 0.25) is 23.5 Å². The Morgan fingerprint density at radius 2 is 1.43 bits per heavy atom. The molecular formula is C29H27N3O5. The molecule has 0 aliphatic carbocycles. The van der Waals surface area contributed by atoms with Crippen molar-refractivity contribution in [3.63, 3.8) is 0 Å². The lowest BCUT2D eigenvalue weighted by Gasteiger charge is -2.13. The lowest BCUT2D eigenvalue weighted by atomic mass is 10.1. The lowest BCUT2D eigenvalue weighted by Crippen LogP contribution is -2.24. The topological polar surface area (TPSA) is 111 Å². The fourth-order valence-corrected chi connectivity index (χ4v) is 3.53. The summed E-state index contributed by atoms with van der Waals surface area (Å²) in [5.74, 6) is -0.495. The van der Waals surface area contributed by atoms with Crippen molar-refractivity contribution in [2.45, 2.75) is 33.8 Å². The predicted octanol–water partition coefficient (Wildman–Crippen LogP) is 5.73. The van der Waals surface area contributed by atoms with E-state index in [1.54, 1.807) is 62.4 Å². The summed E-state index contributed by atoms with van der Waals surface area (Å²) in [6.45, 7) is 7.08. The summed E-state index contributed by atoms with van der Waals surface area (Å²) in [7, 11) is 0. The number of nitrogens with zero attached hydrogens (tertiary/aromatic N) is 2. The summed E-state index contributed by atoms with van der Waals surface area (Å²) in [5, 5.41) is 11.0. The molecule has 1 amide bonds. The van der Waals surface area contributed by atoms with E-state index in [-0.39, 0.29) is 23.2 Å². The first-order chi connectivity index (χ1) is 17.7. The van der Waals surface area contributed by atoms with E-state index in [1.807, 2.05) is 31.2 Å². The second-order valence-corrected chi connectivity index (χ2v) is 8.94. The van der Waals surface area contributed by atoms with E-state index in [1.165, 1.54) is 6.92 Å². The summed E-state index contributed by atoms with van der Waals surface area (Å²) < 4.78 is 11.2. The van der Waals surface area contributed by atoms with Crippen LogP contribution in [0.5, 0.6) is 0 Å². The monoisotopic (exact) mass is 497 g/mol. The van der Waals surface area contributed by atoms with Gasteiger partial charge in [0.15, 0.2) is 6.10 Å². The van der Waals surface area contributed by atoms with Gasteiger partial charge in [0, 0.05) is 28.3 Å². The van der Waals surface area contributed by atoms with Crippen molar-refractivity contribution in [1.82, 2.24) is 10.2 Å². The molecule has 0 spiro atoms. The van der Waals surface area contributed by atoms with Gasteiger partial charge in [-0.2, -0.15) is 0 Å². The van der Waals surface area contributed by atoms with E-state index >= 15 is 0 Å². The maximum Gasteiger partial charge on any atom is 0.338 e. The number of ether oxygens (including phenoxy) is 1. The number of Topliss-reactive ketones (excluding diaryl/α,β-unsaturated/α-hetero) is 1. The second kappa shape index (κ2) is 11.0. The Morgan fingerprint density at radius 3 is 2.08 bits per heavy atom. The average molecular weight is 498 g/mol. The zero-order chi connectivity index (χ0) is 26.5. The number of aryl methyl sites for hydroxylation is 1. The molecular weight excluding hydrogens is 470 g/mol. The van der Waals surface area contributed by atoms with Gasteiger partial charge in [-0.05, 0) is 74.0 Å². The summed E-state index contributed by atoms with van der Waals surface area (Å²) in [6, 6.07) is 20.7. The fraction of sp³-hybridized carbons (Fsp3) is 0.207. The van der Waals surface area contributed by atoms with Crippen LogP contribution in [0.15, 0.2) is 77.2 Å². The van der Waals surface area contributed by atoms with Crippen LogP contribution >= 0.6 is 0 Å². The summed E-state index contributed by atoms with van der Waals surface area (Å²) >= 11 is 0. The average Bonchev–Trinajstić information content (AvgIpc) is 3.39. The molecule has 1 heterocycles. The number of rotatable bonds is 8. The van der Waals surface area contributed by atoms with Gasteiger partial charge in [-0.1, -0.05) is 32.0 Å². The minimum absolute atomic E-state index is 0.113. The number of hydrogen-bond donors (Lipinski definition) is 1. The number of esters is 1. The number of carbonyl (C=O) groups is 3. The minimum atomic E-state index is -0.990. The first kappa shape index (κ1) is 25.5. The normalized spacial score (nSPS) is 11.7. The van der Waals surface area contributed by atoms with Crippen LogP contribution in [-0.2, 0) is 9.53 Å². The van der Waals surface area contributed by atoms with Gasteiger partial charge in [-0.15, -0.1) is 10.2 Å². The van der Waals surface area contributed by atoms with Crippen molar-refractivity contribution < 1.29 is 23.5 Å². The molecule has 1 atom stereocenters. The number of amides is 1. The third kappa shape index (κ3) is 5.98. The Kier molecular flexibility index (Phi) is 7.57. The first-order valence-corrected chi connectivity index (χ1v) is 11.9. The molecule has 0 saturated carbocycles. The smallest absolute Gasteiger partial charge is 0.338 e. The van der Waals surface area contributed by atoms with Crippen molar-refractivity contribution in [2.75, 3.05) is 5.32 Å². The summed E-state index contributed by atoms with van der Waals surface area (Å²) in [6.07, 6.45) is -0.990. The van der Waals surface area contributed by atoms with Crippen LogP contribution in [0, 0.1) is 12.8 Å². The van der Waals surface area contributed by atoms with Gasteiger partial charge < -0.3 is 14.5 Å². The van der Waals surface area contributed by atoms with E-state index in [0.717, 1.165) is 11.1 Å². The number of benzene rings is 3. The molecule has 1 aromatic heterocycles. The molecule has 0 fully saturated rings. The molecule has 8 nitrogen and oxygen atoms in total. The number of ketones is 1. The van der Waals surface area contributed by atoms with E-state index in [2.05, 4.69) is 15.5 Å². The third-order valence-electron chi connectivity index (χ3n) is 5.78. The summed E-state index contributed by atoms with van der Waals surface area (Å²) in [4.78, 5) is 37.2. The maximum absolute atomic E-state index is 12.7. The molecule has 8 heteroatoms. The van der Waals surface area contributed by atoms with E-state index in [9.17, 15) is 14.4 Å². The molecule has 0 saturated heterocycles. The number of nitrogens with one attached hydrogen (secondary N) is 1. The van der Waals surface area contributed by atoms with Gasteiger partial charge in [-0.25, -0.2) is 4.79 Å². The molecule has 37 heavy (non-hydrogen) atoms. The largest absolute Gasteiger partial charge is 0.451 e. The number of hydrogen-bond acceptors (Lipinski definition) is 7. The Bertz CT molecular complexity index is 1420. The van der Waals surface area contributed by atoms with Gasteiger partial charge in [0.1, 0.15) is 0 Å². The van der Waals surface area contributed by atoms with Crippen LogP contribution in [0.4, 0.5) is 5.69 Å². The van der Waals surface area contributed by atoms with Gasteiger partial charge in [0.05, 0.1) is 5.56 Å². The Morgan fingerprint density at radius 1 is 0.811 bits per heavy atom. The SMILES string of the molecule is Cc1ccccc1-c1nnc(-c2ccc(C(=O)OC(C)C(=O)c3ccc(NC(=O)C(C)C)cc3)cc2)o1. The molecule has 4 aromatic rings. The fourth-order valence-electron chi connectivity index (χ4n) is 3.53. The molecule has 3 aromatic carbocycles. The van der Waals surface area contributed by atoms with E-state index < -0.39 is 12.1 Å². The first-order valence-electron chi connectivity index (χ1n) is 11.9. The number of aromatic nitrogens is 2. The highest BCUT2D eigenvalue weighted by Crippen LogP contribution is 2.26.